The Labute approximate surface area is 117 Å². The van der Waals surface area contributed by atoms with Crippen LogP contribution in [0.25, 0.3) is 0 Å². The molecule has 0 atom stereocenters. The van der Waals surface area contributed by atoms with Gasteiger partial charge in [0, 0.05) is 23.8 Å². The van der Waals surface area contributed by atoms with Crippen molar-refractivity contribution < 1.29 is 17.2 Å². The minimum Gasteiger partial charge on any atom is -0.368 e. The molecule has 1 aromatic carbocycles. The molecule has 0 saturated heterocycles. The Hall–Kier alpha value is -1.33. The van der Waals surface area contributed by atoms with Gasteiger partial charge < -0.3 is 4.90 Å². The summed E-state index contributed by atoms with van der Waals surface area (Å²) in [5.74, 6) is 0. The maximum atomic E-state index is 10.5. The second-order valence-corrected chi connectivity index (χ2v) is 5.15. The average molecular weight is 305 g/mol. The Morgan fingerprint density at radius 3 is 2.74 bits per heavy atom. The van der Waals surface area contributed by atoms with Gasteiger partial charge in [-0.15, -0.1) is 0 Å². The van der Waals surface area contributed by atoms with Gasteiger partial charge in [0.05, 0.1) is 19.1 Å². The molecular weight excluding hydrogens is 292 g/mol. The van der Waals surface area contributed by atoms with Crippen molar-refractivity contribution in [3.8, 4) is 6.07 Å². The van der Waals surface area contributed by atoms with Crippen LogP contribution in [0, 0.1) is 11.3 Å². The monoisotopic (exact) mass is 304 g/mol. The molecule has 0 unspecified atom stereocenters. The van der Waals surface area contributed by atoms with E-state index >= 15 is 0 Å². The predicted octanol–water partition coefficient (Wildman–Crippen LogP) is 1.88. The second-order valence-electron chi connectivity index (χ2n) is 3.62. The third-order valence-corrected chi connectivity index (χ3v) is 2.96. The molecule has 1 rings (SSSR count). The summed E-state index contributed by atoms with van der Waals surface area (Å²) in [6.07, 6.45) is 0.276. The molecule has 0 aliphatic carbocycles. The van der Waals surface area contributed by atoms with Crippen LogP contribution in [0.1, 0.15) is 6.42 Å². The first-order chi connectivity index (χ1) is 8.92. The zero-order chi connectivity index (χ0) is 14.3. The minimum absolute atomic E-state index is 0.210. The predicted molar refractivity (Wildman–Crippen MR) is 71.4 cm³/mol. The number of nitrogens with zero attached hydrogens (tertiary/aromatic N) is 2. The molecule has 8 heteroatoms. The maximum absolute atomic E-state index is 10.5. The Morgan fingerprint density at radius 1 is 1.42 bits per heavy atom. The van der Waals surface area contributed by atoms with Gasteiger partial charge in [-0.05, 0) is 18.2 Å². The van der Waals surface area contributed by atoms with Crippen molar-refractivity contribution >= 4 is 27.7 Å². The molecule has 104 valence electrons. The summed E-state index contributed by atoms with van der Waals surface area (Å²) >= 11 is 5.87. The Kier molecular flexibility index (Phi) is 6.05. The molecule has 0 spiro atoms. The van der Waals surface area contributed by atoms with E-state index in [9.17, 15) is 8.42 Å². The molecule has 0 aliphatic rings. The zero-order valence-electron chi connectivity index (χ0n) is 9.99. The van der Waals surface area contributed by atoms with Crippen LogP contribution in [0.2, 0.25) is 5.02 Å². The van der Waals surface area contributed by atoms with Crippen LogP contribution in [0.5, 0.6) is 0 Å². The van der Waals surface area contributed by atoms with Crippen molar-refractivity contribution in [3.05, 3.63) is 29.3 Å². The van der Waals surface area contributed by atoms with Crippen LogP contribution < -0.4 is 4.90 Å². The van der Waals surface area contributed by atoms with Crippen molar-refractivity contribution in [2.45, 2.75) is 6.42 Å². The lowest BCUT2D eigenvalue weighted by atomic mass is 10.2. The maximum Gasteiger partial charge on any atom is 0.397 e. The van der Waals surface area contributed by atoms with E-state index in [0.717, 1.165) is 5.69 Å². The van der Waals surface area contributed by atoms with Crippen LogP contribution in [-0.4, -0.2) is 32.7 Å². The average Bonchev–Trinajstić information content (AvgIpc) is 2.32. The standard InChI is InChI=1S/C11H13ClN2O4S/c12-10-3-1-4-11(9-10)14(6-2-5-13)7-8-18-19(15,16)17/h1,3-4,9H,2,6-8H2,(H,15,16,17). The molecular formula is C11H13ClN2O4S. The molecule has 0 radical (unpaired) electrons. The van der Waals surface area contributed by atoms with Crippen LogP contribution in [0.3, 0.4) is 0 Å². The van der Waals surface area contributed by atoms with Crippen LogP contribution in [-0.2, 0) is 14.6 Å². The number of anilines is 1. The largest absolute Gasteiger partial charge is 0.397 e. The van der Waals surface area contributed by atoms with Crippen molar-refractivity contribution in [2.75, 3.05) is 24.6 Å². The van der Waals surface area contributed by atoms with E-state index in [1.165, 1.54) is 0 Å². The SMILES string of the molecule is N#CCCN(CCOS(=O)(=O)O)c1cccc(Cl)c1. The van der Waals surface area contributed by atoms with Gasteiger partial charge in [-0.25, -0.2) is 4.18 Å². The summed E-state index contributed by atoms with van der Waals surface area (Å²) in [5, 5.41) is 9.14. The number of rotatable bonds is 7. The first kappa shape index (κ1) is 15.7. The number of hydrogen-bond donors (Lipinski definition) is 1. The van der Waals surface area contributed by atoms with E-state index in [1.807, 2.05) is 6.07 Å². The van der Waals surface area contributed by atoms with Gasteiger partial charge in [-0.2, -0.15) is 13.7 Å². The molecule has 0 heterocycles. The minimum atomic E-state index is -4.45. The Bertz CT molecular complexity index is 556. The highest BCUT2D eigenvalue weighted by atomic mass is 35.5. The number of hydrogen-bond acceptors (Lipinski definition) is 5. The summed E-state index contributed by atoms with van der Waals surface area (Å²) < 4.78 is 33.7. The molecule has 0 aliphatic heterocycles. The summed E-state index contributed by atoms with van der Waals surface area (Å²) in [6.45, 7) is 0.407. The zero-order valence-corrected chi connectivity index (χ0v) is 11.6. The Morgan fingerprint density at radius 2 is 2.16 bits per heavy atom. The Balaban J connectivity index is 2.69. The summed E-state index contributed by atoms with van der Waals surface area (Å²) in [5.41, 5.74) is 0.752. The third-order valence-electron chi connectivity index (χ3n) is 2.26. The molecule has 0 bridgehead atoms. The smallest absolute Gasteiger partial charge is 0.368 e. The van der Waals surface area contributed by atoms with Gasteiger partial charge in [-0.3, -0.25) is 4.55 Å². The van der Waals surface area contributed by atoms with E-state index in [2.05, 4.69) is 4.18 Å². The van der Waals surface area contributed by atoms with Crippen LogP contribution in [0.4, 0.5) is 5.69 Å². The lowest BCUT2D eigenvalue weighted by Gasteiger charge is -2.23. The highest BCUT2D eigenvalue weighted by molar-refractivity contribution is 7.80. The van der Waals surface area contributed by atoms with Crippen molar-refractivity contribution in [1.82, 2.24) is 0 Å². The van der Waals surface area contributed by atoms with Gasteiger partial charge in [-0.1, -0.05) is 17.7 Å². The fraction of sp³-hybridized carbons (Fsp3) is 0.364. The first-order valence-electron chi connectivity index (χ1n) is 5.41. The highest BCUT2D eigenvalue weighted by Crippen LogP contribution is 2.19. The summed E-state index contributed by atoms with van der Waals surface area (Å²) in [4.78, 5) is 1.75. The molecule has 0 saturated carbocycles. The molecule has 0 amide bonds. The van der Waals surface area contributed by atoms with E-state index in [4.69, 9.17) is 21.4 Å². The molecule has 1 aromatic rings. The van der Waals surface area contributed by atoms with Crippen LogP contribution in [0.15, 0.2) is 24.3 Å². The summed E-state index contributed by atoms with van der Waals surface area (Å²) in [6, 6.07) is 8.96. The second kappa shape index (κ2) is 7.31. The van der Waals surface area contributed by atoms with Gasteiger partial charge in [0.25, 0.3) is 0 Å². The first-order valence-corrected chi connectivity index (χ1v) is 7.16. The molecule has 19 heavy (non-hydrogen) atoms. The van der Waals surface area contributed by atoms with Gasteiger partial charge in [0.1, 0.15) is 0 Å². The van der Waals surface area contributed by atoms with Crippen molar-refractivity contribution in [2.24, 2.45) is 0 Å². The third kappa shape index (κ3) is 6.40. The van der Waals surface area contributed by atoms with E-state index in [1.54, 1.807) is 29.2 Å². The molecule has 0 aromatic heterocycles. The number of nitriles is 1. The molecule has 1 N–H and O–H groups in total. The number of halogens is 1. The normalized spacial score (nSPS) is 11.0. The van der Waals surface area contributed by atoms with Gasteiger partial charge in [0.15, 0.2) is 0 Å². The topological polar surface area (TPSA) is 90.6 Å². The molecule has 0 fully saturated rings. The highest BCUT2D eigenvalue weighted by Gasteiger charge is 2.10. The van der Waals surface area contributed by atoms with E-state index in [0.29, 0.717) is 11.6 Å². The van der Waals surface area contributed by atoms with Crippen LogP contribution >= 0.6 is 11.6 Å². The molecule has 6 nitrogen and oxygen atoms in total. The van der Waals surface area contributed by atoms with Gasteiger partial charge >= 0.3 is 10.4 Å². The van der Waals surface area contributed by atoms with E-state index in [-0.39, 0.29) is 19.6 Å². The quantitative estimate of drug-likeness (QED) is 0.773. The number of benzene rings is 1. The summed E-state index contributed by atoms with van der Waals surface area (Å²) in [7, 11) is -4.45. The van der Waals surface area contributed by atoms with E-state index < -0.39 is 10.4 Å². The fourth-order valence-electron chi connectivity index (χ4n) is 1.48. The van der Waals surface area contributed by atoms with Crippen molar-refractivity contribution in [1.29, 1.82) is 5.26 Å². The lowest BCUT2D eigenvalue weighted by Crippen LogP contribution is -2.29. The van der Waals surface area contributed by atoms with Gasteiger partial charge in [0.2, 0.25) is 0 Å². The fourth-order valence-corrected chi connectivity index (χ4v) is 1.95. The lowest BCUT2D eigenvalue weighted by molar-refractivity contribution is 0.273. The van der Waals surface area contributed by atoms with Crippen molar-refractivity contribution in [3.63, 3.8) is 0 Å².